The van der Waals surface area contributed by atoms with Crippen LogP contribution in [-0.2, 0) is 7.05 Å². The topological polar surface area (TPSA) is 72.9 Å². The zero-order chi connectivity index (χ0) is 13.3. The SMILES string of the molecule is Cc1nn(C)cc1C(=O)Nc1c(N)cccc1Cl. The minimum absolute atomic E-state index is 0.277. The third-order valence-corrected chi connectivity index (χ3v) is 2.86. The molecule has 0 spiro atoms. The van der Waals surface area contributed by atoms with E-state index >= 15 is 0 Å². The number of hydrogen-bond donors (Lipinski definition) is 2. The zero-order valence-corrected chi connectivity index (χ0v) is 10.8. The van der Waals surface area contributed by atoms with Gasteiger partial charge in [0.15, 0.2) is 0 Å². The molecular formula is C12H13ClN4O. The van der Waals surface area contributed by atoms with Crippen molar-refractivity contribution in [1.29, 1.82) is 0 Å². The summed E-state index contributed by atoms with van der Waals surface area (Å²) in [6, 6.07) is 5.07. The number of anilines is 2. The molecule has 2 rings (SSSR count). The van der Waals surface area contributed by atoms with Gasteiger partial charge in [-0.2, -0.15) is 5.10 Å². The molecule has 1 heterocycles. The van der Waals surface area contributed by atoms with Gasteiger partial charge >= 0.3 is 0 Å². The lowest BCUT2D eigenvalue weighted by atomic mass is 10.2. The molecule has 0 atom stereocenters. The molecule has 0 radical (unpaired) electrons. The first kappa shape index (κ1) is 12.4. The lowest BCUT2D eigenvalue weighted by Gasteiger charge is -2.09. The molecule has 0 bridgehead atoms. The molecule has 94 valence electrons. The number of carbonyl (C=O) groups excluding carboxylic acids is 1. The highest BCUT2D eigenvalue weighted by Gasteiger charge is 2.15. The number of rotatable bonds is 2. The van der Waals surface area contributed by atoms with Gasteiger partial charge in [0.1, 0.15) is 0 Å². The number of nitrogens with two attached hydrogens (primary N) is 1. The van der Waals surface area contributed by atoms with Gasteiger partial charge in [-0.05, 0) is 19.1 Å². The van der Waals surface area contributed by atoms with Crippen molar-refractivity contribution in [3.63, 3.8) is 0 Å². The molecule has 5 nitrogen and oxygen atoms in total. The Morgan fingerprint density at radius 1 is 1.50 bits per heavy atom. The Labute approximate surface area is 110 Å². The summed E-state index contributed by atoms with van der Waals surface area (Å²) in [7, 11) is 1.76. The maximum Gasteiger partial charge on any atom is 0.259 e. The van der Waals surface area contributed by atoms with Crippen molar-refractivity contribution in [2.45, 2.75) is 6.92 Å². The lowest BCUT2D eigenvalue weighted by Crippen LogP contribution is -2.14. The predicted molar refractivity (Wildman–Crippen MR) is 71.8 cm³/mol. The Kier molecular flexibility index (Phi) is 3.25. The van der Waals surface area contributed by atoms with Gasteiger partial charge in [-0.3, -0.25) is 9.48 Å². The molecule has 0 saturated carbocycles. The van der Waals surface area contributed by atoms with Gasteiger partial charge in [-0.15, -0.1) is 0 Å². The Hall–Kier alpha value is -2.01. The summed E-state index contributed by atoms with van der Waals surface area (Å²) in [5.74, 6) is -0.277. The van der Waals surface area contributed by atoms with Crippen LogP contribution in [-0.4, -0.2) is 15.7 Å². The number of benzene rings is 1. The molecule has 0 fully saturated rings. The lowest BCUT2D eigenvalue weighted by molar-refractivity contribution is 0.102. The van der Waals surface area contributed by atoms with E-state index in [1.54, 1.807) is 43.0 Å². The van der Waals surface area contributed by atoms with Crippen LogP contribution >= 0.6 is 11.6 Å². The van der Waals surface area contributed by atoms with E-state index in [-0.39, 0.29) is 5.91 Å². The number of para-hydroxylation sites is 1. The Morgan fingerprint density at radius 3 is 2.78 bits per heavy atom. The van der Waals surface area contributed by atoms with Crippen LogP contribution in [0.2, 0.25) is 5.02 Å². The zero-order valence-electron chi connectivity index (χ0n) is 10.1. The largest absolute Gasteiger partial charge is 0.397 e. The molecule has 6 heteroatoms. The molecule has 0 aliphatic heterocycles. The highest BCUT2D eigenvalue weighted by atomic mass is 35.5. The number of aryl methyl sites for hydroxylation is 2. The number of aromatic nitrogens is 2. The average Bonchev–Trinajstić information content (AvgIpc) is 2.63. The summed E-state index contributed by atoms with van der Waals surface area (Å²) < 4.78 is 1.58. The molecule has 18 heavy (non-hydrogen) atoms. The summed E-state index contributed by atoms with van der Waals surface area (Å²) in [6.45, 7) is 1.77. The summed E-state index contributed by atoms with van der Waals surface area (Å²) in [5, 5.41) is 7.22. The van der Waals surface area contributed by atoms with Crippen LogP contribution < -0.4 is 11.1 Å². The van der Waals surface area contributed by atoms with E-state index in [0.29, 0.717) is 27.7 Å². The number of carbonyl (C=O) groups is 1. The van der Waals surface area contributed by atoms with Crippen LogP contribution in [0.25, 0.3) is 0 Å². The predicted octanol–water partition coefficient (Wildman–Crippen LogP) is 2.22. The van der Waals surface area contributed by atoms with Crippen molar-refractivity contribution >= 4 is 28.9 Å². The van der Waals surface area contributed by atoms with E-state index in [1.165, 1.54) is 0 Å². The van der Waals surface area contributed by atoms with E-state index < -0.39 is 0 Å². The van der Waals surface area contributed by atoms with Crippen molar-refractivity contribution < 1.29 is 4.79 Å². The first-order valence-corrected chi connectivity index (χ1v) is 5.72. The first-order chi connectivity index (χ1) is 8.49. The highest BCUT2D eigenvalue weighted by molar-refractivity contribution is 6.34. The van der Waals surface area contributed by atoms with E-state index in [4.69, 9.17) is 17.3 Å². The smallest absolute Gasteiger partial charge is 0.259 e. The molecule has 2 aromatic rings. The molecular weight excluding hydrogens is 252 g/mol. The standard InChI is InChI=1S/C12H13ClN4O/c1-7-8(6-17(2)16-7)12(18)15-11-9(13)4-3-5-10(11)14/h3-6H,14H2,1-2H3,(H,15,18). The average molecular weight is 265 g/mol. The second-order valence-corrected chi connectivity index (χ2v) is 4.37. The maximum absolute atomic E-state index is 12.1. The van der Waals surface area contributed by atoms with Crippen molar-refractivity contribution in [2.24, 2.45) is 7.05 Å². The fraction of sp³-hybridized carbons (Fsp3) is 0.167. The molecule has 3 N–H and O–H groups in total. The molecule has 1 aromatic heterocycles. The van der Waals surface area contributed by atoms with Gasteiger partial charge in [0.05, 0.1) is 27.7 Å². The number of hydrogen-bond acceptors (Lipinski definition) is 3. The summed E-state index contributed by atoms with van der Waals surface area (Å²) in [4.78, 5) is 12.1. The van der Waals surface area contributed by atoms with Crippen molar-refractivity contribution in [2.75, 3.05) is 11.1 Å². The Morgan fingerprint density at radius 2 is 2.22 bits per heavy atom. The normalized spacial score (nSPS) is 10.4. The van der Waals surface area contributed by atoms with Crippen LogP contribution in [0, 0.1) is 6.92 Å². The van der Waals surface area contributed by atoms with Crippen molar-refractivity contribution in [3.05, 3.63) is 40.7 Å². The minimum Gasteiger partial charge on any atom is -0.397 e. The fourth-order valence-corrected chi connectivity index (χ4v) is 1.91. The van der Waals surface area contributed by atoms with Crippen LogP contribution in [0.3, 0.4) is 0 Å². The maximum atomic E-state index is 12.1. The quantitative estimate of drug-likeness (QED) is 0.817. The molecule has 1 aromatic carbocycles. The van der Waals surface area contributed by atoms with Gasteiger partial charge < -0.3 is 11.1 Å². The van der Waals surface area contributed by atoms with Crippen LogP contribution in [0.15, 0.2) is 24.4 Å². The van der Waals surface area contributed by atoms with Crippen LogP contribution in [0.4, 0.5) is 11.4 Å². The first-order valence-electron chi connectivity index (χ1n) is 5.34. The van der Waals surface area contributed by atoms with E-state index in [9.17, 15) is 4.79 Å². The third kappa shape index (κ3) is 2.31. The van der Waals surface area contributed by atoms with Gasteiger partial charge in [-0.25, -0.2) is 0 Å². The monoisotopic (exact) mass is 264 g/mol. The van der Waals surface area contributed by atoms with Gasteiger partial charge in [-0.1, -0.05) is 17.7 Å². The number of nitrogen functional groups attached to an aromatic ring is 1. The third-order valence-electron chi connectivity index (χ3n) is 2.54. The highest BCUT2D eigenvalue weighted by Crippen LogP contribution is 2.28. The van der Waals surface area contributed by atoms with E-state index in [1.807, 2.05) is 0 Å². The molecule has 1 amide bonds. The summed E-state index contributed by atoms with van der Waals surface area (Å²) in [5.41, 5.74) is 7.77. The van der Waals surface area contributed by atoms with Crippen molar-refractivity contribution in [3.8, 4) is 0 Å². The molecule has 0 unspecified atom stereocenters. The van der Waals surface area contributed by atoms with Gasteiger partial charge in [0.2, 0.25) is 0 Å². The Balaban J connectivity index is 2.30. The van der Waals surface area contributed by atoms with Crippen LogP contribution in [0.5, 0.6) is 0 Å². The summed E-state index contributed by atoms with van der Waals surface area (Å²) >= 11 is 5.99. The number of halogens is 1. The van der Waals surface area contributed by atoms with E-state index in [0.717, 1.165) is 0 Å². The molecule has 0 saturated heterocycles. The van der Waals surface area contributed by atoms with Gasteiger partial charge in [0, 0.05) is 13.2 Å². The number of nitrogens with one attached hydrogen (secondary N) is 1. The summed E-state index contributed by atoms with van der Waals surface area (Å²) in [6.07, 6.45) is 1.65. The fourth-order valence-electron chi connectivity index (χ4n) is 1.68. The van der Waals surface area contributed by atoms with Crippen molar-refractivity contribution in [1.82, 2.24) is 9.78 Å². The Bertz CT molecular complexity index is 586. The molecule has 0 aliphatic carbocycles. The second-order valence-electron chi connectivity index (χ2n) is 3.96. The minimum atomic E-state index is -0.277. The van der Waals surface area contributed by atoms with Gasteiger partial charge in [0.25, 0.3) is 5.91 Å². The second kappa shape index (κ2) is 4.70. The van der Waals surface area contributed by atoms with Crippen LogP contribution in [0.1, 0.15) is 16.1 Å². The molecule has 0 aliphatic rings. The number of nitrogens with zero attached hydrogens (tertiary/aromatic N) is 2. The number of amides is 1. The van der Waals surface area contributed by atoms with E-state index in [2.05, 4.69) is 10.4 Å².